The molecule has 2 atom stereocenters. The lowest BCUT2D eigenvalue weighted by molar-refractivity contribution is 0.0451. The van der Waals surface area contributed by atoms with Gasteiger partial charge >= 0.3 is 0 Å². The number of aromatic nitrogens is 3. The van der Waals surface area contributed by atoms with E-state index in [9.17, 15) is 9.90 Å². The van der Waals surface area contributed by atoms with Crippen LogP contribution in [0.3, 0.4) is 0 Å². The molecule has 1 aliphatic rings. The molecule has 0 aromatic carbocycles. The van der Waals surface area contributed by atoms with E-state index in [1.54, 1.807) is 53.4 Å². The summed E-state index contributed by atoms with van der Waals surface area (Å²) in [5.41, 5.74) is 0.518. The van der Waals surface area contributed by atoms with Crippen molar-refractivity contribution in [3.63, 3.8) is 0 Å². The summed E-state index contributed by atoms with van der Waals surface area (Å²) in [6.07, 6.45) is 8.76. The van der Waals surface area contributed by atoms with Gasteiger partial charge in [0.15, 0.2) is 5.82 Å². The van der Waals surface area contributed by atoms with E-state index in [1.165, 1.54) is 0 Å². The van der Waals surface area contributed by atoms with Crippen molar-refractivity contribution in [1.29, 1.82) is 0 Å². The number of hydrogen-bond acceptors (Lipinski definition) is 4. The number of amides is 1. The number of nitrogens with zero attached hydrogens (tertiary/aromatic N) is 4. The van der Waals surface area contributed by atoms with Gasteiger partial charge in [0, 0.05) is 38.1 Å². The lowest BCUT2D eigenvalue weighted by atomic mass is 9.86. The van der Waals surface area contributed by atoms with E-state index < -0.39 is 0 Å². The molecule has 3 rings (SSSR count). The normalized spacial score (nSPS) is 21.1. The highest BCUT2D eigenvalue weighted by Gasteiger charge is 2.27. The topological polar surface area (TPSA) is 71.2 Å². The molecule has 0 spiro atoms. The first-order valence-electron chi connectivity index (χ1n) is 8.05. The van der Waals surface area contributed by atoms with Crippen LogP contribution in [-0.2, 0) is 0 Å². The number of aliphatic hydroxyl groups is 1. The third-order valence-electron chi connectivity index (χ3n) is 4.46. The van der Waals surface area contributed by atoms with Gasteiger partial charge in [0.05, 0.1) is 11.7 Å². The molecule has 6 heteroatoms. The SMILES string of the molecule is CN(CC1CCCCC1O)C(=O)c1cccnc1-n1cccn1. The van der Waals surface area contributed by atoms with E-state index in [4.69, 9.17) is 0 Å². The standard InChI is InChI=1S/C17H22N4O2/c1-20(12-13-6-2-3-8-15(13)22)17(23)14-7-4-9-18-16(14)21-11-5-10-19-21/h4-5,7,9-11,13,15,22H,2-3,6,8,12H2,1H3. The van der Waals surface area contributed by atoms with E-state index in [0.29, 0.717) is 17.9 Å². The number of carbonyl (C=O) groups is 1. The Bertz CT molecular complexity index is 656. The quantitative estimate of drug-likeness (QED) is 0.935. The van der Waals surface area contributed by atoms with Crippen LogP contribution in [0.5, 0.6) is 0 Å². The van der Waals surface area contributed by atoms with Crippen molar-refractivity contribution in [2.75, 3.05) is 13.6 Å². The summed E-state index contributed by atoms with van der Waals surface area (Å²) < 4.78 is 1.59. The van der Waals surface area contributed by atoms with Crippen LogP contribution in [0.2, 0.25) is 0 Å². The second-order valence-electron chi connectivity index (χ2n) is 6.12. The molecular weight excluding hydrogens is 292 g/mol. The monoisotopic (exact) mass is 314 g/mol. The lowest BCUT2D eigenvalue weighted by Crippen LogP contribution is -2.38. The zero-order valence-corrected chi connectivity index (χ0v) is 13.3. The Kier molecular flexibility index (Phi) is 4.71. The van der Waals surface area contributed by atoms with Gasteiger partial charge in [-0.2, -0.15) is 5.10 Å². The molecule has 23 heavy (non-hydrogen) atoms. The Hall–Kier alpha value is -2.21. The van der Waals surface area contributed by atoms with Crippen molar-refractivity contribution in [2.45, 2.75) is 31.8 Å². The fraction of sp³-hybridized carbons (Fsp3) is 0.471. The largest absolute Gasteiger partial charge is 0.393 e. The predicted molar refractivity (Wildman–Crippen MR) is 86.3 cm³/mol. The molecule has 6 nitrogen and oxygen atoms in total. The zero-order chi connectivity index (χ0) is 16.2. The summed E-state index contributed by atoms with van der Waals surface area (Å²) in [5.74, 6) is 0.586. The summed E-state index contributed by atoms with van der Waals surface area (Å²) >= 11 is 0. The lowest BCUT2D eigenvalue weighted by Gasteiger charge is -2.31. The van der Waals surface area contributed by atoms with Crippen molar-refractivity contribution >= 4 is 5.91 Å². The molecule has 122 valence electrons. The van der Waals surface area contributed by atoms with Crippen LogP contribution in [0.25, 0.3) is 5.82 Å². The molecule has 1 amide bonds. The van der Waals surface area contributed by atoms with Gasteiger partial charge in [-0.25, -0.2) is 9.67 Å². The molecule has 2 aromatic rings. The van der Waals surface area contributed by atoms with Gasteiger partial charge < -0.3 is 10.0 Å². The average Bonchev–Trinajstić information content (AvgIpc) is 3.10. The van der Waals surface area contributed by atoms with E-state index >= 15 is 0 Å². The highest BCUT2D eigenvalue weighted by atomic mass is 16.3. The van der Waals surface area contributed by atoms with Gasteiger partial charge in [-0.1, -0.05) is 12.8 Å². The van der Waals surface area contributed by atoms with E-state index in [2.05, 4.69) is 10.1 Å². The van der Waals surface area contributed by atoms with Gasteiger partial charge in [-0.05, 0) is 31.0 Å². The number of carbonyl (C=O) groups excluding carboxylic acids is 1. The summed E-state index contributed by atoms with van der Waals surface area (Å²) in [6.45, 7) is 0.563. The second kappa shape index (κ2) is 6.91. The molecule has 1 N–H and O–H groups in total. The van der Waals surface area contributed by atoms with Crippen molar-refractivity contribution < 1.29 is 9.90 Å². The summed E-state index contributed by atoms with van der Waals surface area (Å²) in [7, 11) is 1.78. The Balaban J connectivity index is 1.77. The van der Waals surface area contributed by atoms with Crippen molar-refractivity contribution in [3.05, 3.63) is 42.4 Å². The van der Waals surface area contributed by atoms with Gasteiger partial charge in [0.2, 0.25) is 0 Å². The van der Waals surface area contributed by atoms with Crippen LogP contribution in [0.1, 0.15) is 36.0 Å². The average molecular weight is 314 g/mol. The Labute approximate surface area is 135 Å². The Morgan fingerprint density at radius 1 is 1.35 bits per heavy atom. The molecule has 2 aromatic heterocycles. The van der Waals surface area contributed by atoms with Crippen LogP contribution >= 0.6 is 0 Å². The number of hydrogen-bond donors (Lipinski definition) is 1. The molecule has 0 aliphatic heterocycles. The third-order valence-corrected chi connectivity index (χ3v) is 4.46. The van der Waals surface area contributed by atoms with Crippen LogP contribution in [0, 0.1) is 5.92 Å². The first kappa shape index (κ1) is 15.7. The molecule has 0 saturated heterocycles. The van der Waals surface area contributed by atoms with Crippen molar-refractivity contribution in [1.82, 2.24) is 19.7 Å². The summed E-state index contributed by atoms with van der Waals surface area (Å²) in [6, 6.07) is 5.31. The fourth-order valence-electron chi connectivity index (χ4n) is 3.18. The van der Waals surface area contributed by atoms with Gasteiger partial charge in [-0.15, -0.1) is 0 Å². The molecular formula is C17H22N4O2. The number of aliphatic hydroxyl groups excluding tert-OH is 1. The predicted octanol–water partition coefficient (Wildman–Crippen LogP) is 1.89. The maximum Gasteiger partial charge on any atom is 0.257 e. The summed E-state index contributed by atoms with van der Waals surface area (Å²) in [4.78, 5) is 18.8. The van der Waals surface area contributed by atoms with Crippen molar-refractivity contribution in [3.8, 4) is 5.82 Å². The molecule has 0 radical (unpaired) electrons. The molecule has 1 fully saturated rings. The Morgan fingerprint density at radius 2 is 2.17 bits per heavy atom. The van der Waals surface area contributed by atoms with E-state index in [1.807, 2.05) is 0 Å². The highest BCUT2D eigenvalue weighted by Crippen LogP contribution is 2.25. The Morgan fingerprint density at radius 3 is 2.91 bits per heavy atom. The maximum atomic E-state index is 12.8. The van der Waals surface area contributed by atoms with Crippen LogP contribution < -0.4 is 0 Å². The minimum absolute atomic E-state index is 0.0960. The van der Waals surface area contributed by atoms with E-state index in [0.717, 1.165) is 25.7 Å². The van der Waals surface area contributed by atoms with E-state index in [-0.39, 0.29) is 17.9 Å². The highest BCUT2D eigenvalue weighted by molar-refractivity contribution is 5.96. The molecule has 2 unspecified atom stereocenters. The molecule has 0 bridgehead atoms. The smallest absolute Gasteiger partial charge is 0.257 e. The third kappa shape index (κ3) is 3.42. The minimum Gasteiger partial charge on any atom is -0.393 e. The number of rotatable bonds is 4. The first-order chi connectivity index (χ1) is 11.2. The van der Waals surface area contributed by atoms with Crippen LogP contribution in [-0.4, -0.2) is 50.4 Å². The second-order valence-corrected chi connectivity index (χ2v) is 6.12. The van der Waals surface area contributed by atoms with Gasteiger partial charge in [0.25, 0.3) is 5.91 Å². The van der Waals surface area contributed by atoms with Gasteiger partial charge in [-0.3, -0.25) is 4.79 Å². The zero-order valence-electron chi connectivity index (χ0n) is 13.3. The number of pyridine rings is 1. The molecule has 1 aliphatic carbocycles. The molecule has 2 heterocycles. The van der Waals surface area contributed by atoms with Crippen molar-refractivity contribution in [2.24, 2.45) is 5.92 Å². The van der Waals surface area contributed by atoms with Crippen LogP contribution in [0.15, 0.2) is 36.8 Å². The first-order valence-corrected chi connectivity index (χ1v) is 8.05. The van der Waals surface area contributed by atoms with Crippen LogP contribution in [0.4, 0.5) is 0 Å². The summed E-state index contributed by atoms with van der Waals surface area (Å²) in [5, 5.41) is 14.3. The van der Waals surface area contributed by atoms with Gasteiger partial charge in [0.1, 0.15) is 0 Å². The minimum atomic E-state index is -0.307. The molecule has 1 saturated carbocycles. The fourth-order valence-corrected chi connectivity index (χ4v) is 3.18. The maximum absolute atomic E-state index is 12.8.